The number of rotatable bonds is 12. The van der Waals surface area contributed by atoms with Crippen molar-refractivity contribution in [2.24, 2.45) is 11.6 Å². The molecule has 3 aromatic heterocycles. The standard InChI is InChI=1S/C29H34N8O2S/c1-40(39)23-10-6-7-20(15-23)26-24-16-21(35-36-28(24)34-27(26)19-11-12-19)8-3-5-14-37(31)18-25(30)29(38)33-17-22-9-2-4-13-32-22/h2,4,6-7,9-10,13,15-16,18-19H,3,5,8,11-12,14,17,30-31H2,1H3,(H,33,38)(H,34,36)/b25-18-. The molecule has 1 aliphatic carbocycles. The third kappa shape index (κ3) is 6.72. The van der Waals surface area contributed by atoms with Crippen LogP contribution in [0.15, 0.2) is 71.5 Å². The molecule has 1 fully saturated rings. The monoisotopic (exact) mass is 558 g/mol. The highest BCUT2D eigenvalue weighted by atomic mass is 32.2. The number of amides is 1. The molecule has 5 rings (SSSR count). The van der Waals surface area contributed by atoms with E-state index >= 15 is 0 Å². The molecule has 1 aromatic carbocycles. The van der Waals surface area contributed by atoms with Crippen LogP contribution in [0, 0.1) is 0 Å². The largest absolute Gasteiger partial charge is 0.393 e. The van der Waals surface area contributed by atoms with Crippen LogP contribution in [0.5, 0.6) is 0 Å². The quantitative estimate of drug-likeness (QED) is 0.0894. The minimum absolute atomic E-state index is 0.0391. The Balaban J connectivity index is 1.19. The van der Waals surface area contributed by atoms with Crippen LogP contribution in [0.3, 0.4) is 0 Å². The zero-order valence-electron chi connectivity index (χ0n) is 22.5. The Hall–Kier alpha value is -4.09. The maximum absolute atomic E-state index is 12.3. The van der Waals surface area contributed by atoms with Crippen LogP contribution in [-0.2, 0) is 28.6 Å². The maximum atomic E-state index is 12.3. The van der Waals surface area contributed by atoms with Crippen LogP contribution >= 0.6 is 0 Å². The van der Waals surface area contributed by atoms with Gasteiger partial charge in [-0.05, 0) is 73.9 Å². The number of H-pyrrole nitrogens is 1. The Morgan fingerprint density at radius 3 is 2.75 bits per heavy atom. The Morgan fingerprint density at radius 2 is 2.00 bits per heavy atom. The van der Waals surface area contributed by atoms with Gasteiger partial charge in [-0.3, -0.25) is 14.0 Å². The number of fused-ring (bicyclic) bond motifs is 1. The molecule has 1 atom stereocenters. The lowest BCUT2D eigenvalue weighted by Gasteiger charge is -2.14. The summed E-state index contributed by atoms with van der Waals surface area (Å²) < 4.78 is 12.1. The highest BCUT2D eigenvalue weighted by molar-refractivity contribution is 7.84. The van der Waals surface area contributed by atoms with E-state index in [2.05, 4.69) is 37.6 Å². The normalized spacial score (nSPS) is 14.3. The molecule has 10 nitrogen and oxygen atoms in total. The first-order valence-electron chi connectivity index (χ1n) is 13.4. The molecule has 0 bridgehead atoms. The molecule has 6 N–H and O–H groups in total. The third-order valence-electron chi connectivity index (χ3n) is 6.90. The van der Waals surface area contributed by atoms with Crippen LogP contribution < -0.4 is 16.9 Å². The van der Waals surface area contributed by atoms with Gasteiger partial charge in [0, 0.05) is 57.5 Å². The van der Waals surface area contributed by atoms with Gasteiger partial charge in [-0.2, -0.15) is 5.10 Å². The summed E-state index contributed by atoms with van der Waals surface area (Å²) in [5.41, 5.74) is 11.7. The molecule has 208 valence electrons. The number of carbonyl (C=O) groups excluding carboxylic acids is 1. The summed E-state index contributed by atoms with van der Waals surface area (Å²) in [5.74, 6) is 6.16. The van der Waals surface area contributed by atoms with E-state index < -0.39 is 16.7 Å². The number of aromatic nitrogens is 4. The first-order valence-corrected chi connectivity index (χ1v) is 14.9. The minimum atomic E-state index is -1.05. The van der Waals surface area contributed by atoms with Gasteiger partial charge in [-0.25, -0.2) is 5.84 Å². The van der Waals surface area contributed by atoms with Crippen molar-refractivity contribution in [3.05, 3.63) is 83.7 Å². The molecule has 1 saturated carbocycles. The molecular weight excluding hydrogens is 524 g/mol. The van der Waals surface area contributed by atoms with Crippen LogP contribution in [0.25, 0.3) is 22.2 Å². The number of pyridine rings is 1. The average Bonchev–Trinajstić information content (AvgIpc) is 3.74. The van der Waals surface area contributed by atoms with Gasteiger partial charge in [-0.1, -0.05) is 18.2 Å². The molecular formula is C29H34N8O2S. The van der Waals surface area contributed by atoms with Crippen LogP contribution in [0.1, 0.15) is 48.7 Å². The molecule has 0 aliphatic heterocycles. The van der Waals surface area contributed by atoms with Gasteiger partial charge in [0.2, 0.25) is 0 Å². The number of unbranched alkanes of at least 4 members (excludes halogenated alkanes) is 1. The lowest BCUT2D eigenvalue weighted by molar-refractivity contribution is -0.117. The number of hydrogen-bond acceptors (Lipinski definition) is 8. The number of nitrogens with one attached hydrogen (secondary N) is 2. The van der Waals surface area contributed by atoms with Crippen LogP contribution in [0.2, 0.25) is 0 Å². The minimum Gasteiger partial charge on any atom is -0.393 e. The molecule has 3 heterocycles. The predicted molar refractivity (Wildman–Crippen MR) is 156 cm³/mol. The molecule has 40 heavy (non-hydrogen) atoms. The topological polar surface area (TPSA) is 156 Å². The maximum Gasteiger partial charge on any atom is 0.269 e. The van der Waals surface area contributed by atoms with E-state index in [4.69, 9.17) is 11.6 Å². The number of hydrazine groups is 1. The summed E-state index contributed by atoms with van der Waals surface area (Å²) in [6.07, 6.45) is 9.49. The lowest BCUT2D eigenvalue weighted by Crippen LogP contribution is -2.33. The highest BCUT2D eigenvalue weighted by Crippen LogP contribution is 2.46. The van der Waals surface area contributed by atoms with Crippen molar-refractivity contribution < 1.29 is 9.00 Å². The third-order valence-corrected chi connectivity index (χ3v) is 7.82. The molecule has 0 spiro atoms. The van der Waals surface area contributed by atoms with Crippen molar-refractivity contribution in [2.75, 3.05) is 12.8 Å². The van der Waals surface area contributed by atoms with Gasteiger partial charge in [0.1, 0.15) is 5.70 Å². The van der Waals surface area contributed by atoms with E-state index in [-0.39, 0.29) is 5.70 Å². The molecule has 1 unspecified atom stereocenters. The van der Waals surface area contributed by atoms with E-state index in [1.54, 1.807) is 12.5 Å². The van der Waals surface area contributed by atoms with Crippen molar-refractivity contribution >= 4 is 27.7 Å². The van der Waals surface area contributed by atoms with Gasteiger partial charge in [-0.15, -0.1) is 5.10 Å². The first-order chi connectivity index (χ1) is 19.4. The fraction of sp³-hybridized carbons (Fsp3) is 0.310. The molecule has 4 aromatic rings. The van der Waals surface area contributed by atoms with Gasteiger partial charge < -0.3 is 21.0 Å². The van der Waals surface area contributed by atoms with Gasteiger partial charge in [0.25, 0.3) is 5.91 Å². The van der Waals surface area contributed by atoms with Crippen molar-refractivity contribution in [1.82, 2.24) is 30.5 Å². The van der Waals surface area contributed by atoms with E-state index in [1.165, 1.54) is 16.9 Å². The summed E-state index contributed by atoms with van der Waals surface area (Å²) in [5, 5.41) is 14.1. The van der Waals surface area contributed by atoms with Crippen molar-refractivity contribution in [3.63, 3.8) is 0 Å². The first kappa shape index (κ1) is 27.5. The van der Waals surface area contributed by atoms with Gasteiger partial charge in [0.05, 0.1) is 17.9 Å². The number of aryl methyl sites for hydroxylation is 1. The fourth-order valence-electron chi connectivity index (χ4n) is 4.67. The Morgan fingerprint density at radius 1 is 1.15 bits per heavy atom. The van der Waals surface area contributed by atoms with Crippen molar-refractivity contribution in [1.29, 1.82) is 0 Å². The summed E-state index contributed by atoms with van der Waals surface area (Å²) in [6.45, 7) is 0.824. The predicted octanol–water partition coefficient (Wildman–Crippen LogP) is 3.25. The van der Waals surface area contributed by atoms with Crippen LogP contribution in [0.4, 0.5) is 0 Å². The number of hydrogen-bond donors (Lipinski definition) is 4. The molecule has 11 heteroatoms. The zero-order chi connectivity index (χ0) is 28.1. The molecule has 1 aliphatic rings. The van der Waals surface area contributed by atoms with E-state index in [1.807, 2.05) is 36.4 Å². The molecule has 1 amide bonds. The van der Waals surface area contributed by atoms with Crippen molar-refractivity contribution in [3.8, 4) is 11.1 Å². The van der Waals surface area contributed by atoms with Crippen LogP contribution in [-0.4, -0.2) is 48.1 Å². The molecule has 0 saturated heterocycles. The number of nitrogens with zero attached hydrogens (tertiary/aromatic N) is 4. The second-order valence-corrected chi connectivity index (χ2v) is 11.4. The van der Waals surface area contributed by atoms with Gasteiger partial charge in [0.15, 0.2) is 5.65 Å². The number of nitrogens with two attached hydrogens (primary N) is 2. The van der Waals surface area contributed by atoms with Crippen molar-refractivity contribution in [2.45, 2.75) is 49.5 Å². The van der Waals surface area contributed by atoms with E-state index in [9.17, 15) is 9.00 Å². The second-order valence-electron chi connectivity index (χ2n) is 10.1. The number of benzene rings is 1. The fourth-order valence-corrected chi connectivity index (χ4v) is 5.23. The Kier molecular flexibility index (Phi) is 8.51. The Labute approximate surface area is 235 Å². The number of carbonyl (C=O) groups is 1. The zero-order valence-corrected chi connectivity index (χ0v) is 23.3. The molecule has 0 radical (unpaired) electrons. The Bertz CT molecular complexity index is 1550. The summed E-state index contributed by atoms with van der Waals surface area (Å²) in [4.78, 5) is 20.7. The van der Waals surface area contributed by atoms with E-state index in [0.29, 0.717) is 19.0 Å². The lowest BCUT2D eigenvalue weighted by atomic mass is 10.00. The number of aromatic amines is 1. The van der Waals surface area contributed by atoms with Gasteiger partial charge >= 0.3 is 0 Å². The smallest absolute Gasteiger partial charge is 0.269 e. The summed E-state index contributed by atoms with van der Waals surface area (Å²) in [6, 6.07) is 15.5. The summed E-state index contributed by atoms with van der Waals surface area (Å²) in [7, 11) is -1.05. The average molecular weight is 559 g/mol. The SMILES string of the molecule is CS(=O)c1cccc(-c2c(C3CC3)[nH]c3nnc(CCCCN(N)/C=C(\N)C(=O)NCc4ccccn4)cc23)c1. The second kappa shape index (κ2) is 12.4. The van der Waals surface area contributed by atoms with E-state index in [0.717, 1.165) is 70.5 Å². The highest BCUT2D eigenvalue weighted by Gasteiger charge is 2.30. The summed E-state index contributed by atoms with van der Waals surface area (Å²) >= 11 is 0.